The lowest BCUT2D eigenvalue weighted by molar-refractivity contribution is -0.125. The van der Waals surface area contributed by atoms with Crippen molar-refractivity contribution in [3.8, 4) is 5.75 Å². The fraction of sp³-hybridized carbons (Fsp3) is 0.214. The van der Waals surface area contributed by atoms with E-state index >= 15 is 4.39 Å². The van der Waals surface area contributed by atoms with Crippen LogP contribution in [0.5, 0.6) is 5.75 Å². The van der Waals surface area contributed by atoms with E-state index in [0.29, 0.717) is 41.3 Å². The van der Waals surface area contributed by atoms with E-state index in [0.717, 1.165) is 12.5 Å². The number of carbonyl (C=O) groups excluding carboxylic acids is 1. The van der Waals surface area contributed by atoms with Crippen LogP contribution in [0.4, 0.5) is 26.1 Å². The Kier molecular flexibility index (Phi) is 7.56. The fourth-order valence-corrected chi connectivity index (χ4v) is 4.66. The predicted molar refractivity (Wildman–Crippen MR) is 146 cm³/mol. The monoisotopic (exact) mass is 550 g/mol. The smallest absolute Gasteiger partial charge is 0.246 e. The molecule has 3 heterocycles. The van der Waals surface area contributed by atoms with E-state index in [1.165, 1.54) is 30.6 Å². The molecule has 1 saturated heterocycles. The van der Waals surface area contributed by atoms with Crippen molar-refractivity contribution in [2.24, 2.45) is 0 Å². The number of rotatable bonds is 8. The van der Waals surface area contributed by atoms with E-state index in [1.54, 1.807) is 17.0 Å². The van der Waals surface area contributed by atoms with Gasteiger partial charge in [-0.05, 0) is 48.4 Å². The van der Waals surface area contributed by atoms with Crippen molar-refractivity contribution in [2.75, 3.05) is 30.4 Å². The number of halogens is 3. The molecule has 1 amide bonds. The minimum atomic E-state index is -0.619. The normalized spacial score (nSPS) is 14.9. The molecule has 1 fully saturated rings. The van der Waals surface area contributed by atoms with Gasteiger partial charge in [-0.15, -0.1) is 0 Å². The van der Waals surface area contributed by atoms with Crippen molar-refractivity contribution in [3.05, 3.63) is 89.7 Å². The Balaban J connectivity index is 1.36. The highest BCUT2D eigenvalue weighted by Crippen LogP contribution is 2.33. The summed E-state index contributed by atoms with van der Waals surface area (Å²) >= 11 is 6.37. The maximum Gasteiger partial charge on any atom is 0.246 e. The largest absolute Gasteiger partial charge is 0.487 e. The highest BCUT2D eigenvalue weighted by atomic mass is 35.5. The van der Waals surface area contributed by atoms with Crippen LogP contribution >= 0.6 is 11.6 Å². The van der Waals surface area contributed by atoms with Crippen molar-refractivity contribution in [3.63, 3.8) is 0 Å². The fourth-order valence-electron chi connectivity index (χ4n) is 4.44. The number of hydrogen-bond donors (Lipinski definition) is 1. The van der Waals surface area contributed by atoms with Gasteiger partial charge in [-0.3, -0.25) is 4.79 Å². The Morgan fingerprint density at radius 2 is 2.10 bits per heavy atom. The second-order valence-electron chi connectivity index (χ2n) is 9.11. The van der Waals surface area contributed by atoms with Crippen LogP contribution in [0.2, 0.25) is 5.02 Å². The van der Waals surface area contributed by atoms with Gasteiger partial charge in [0.15, 0.2) is 5.82 Å². The van der Waals surface area contributed by atoms with E-state index in [9.17, 15) is 9.18 Å². The van der Waals surface area contributed by atoms with Gasteiger partial charge in [0.05, 0.1) is 16.2 Å². The van der Waals surface area contributed by atoms with Gasteiger partial charge in [-0.1, -0.05) is 30.3 Å². The van der Waals surface area contributed by atoms with Crippen molar-refractivity contribution in [2.45, 2.75) is 19.1 Å². The molecule has 0 spiro atoms. The third-order valence-electron chi connectivity index (χ3n) is 6.58. The highest BCUT2D eigenvalue weighted by Gasteiger charge is 2.28. The second-order valence-corrected chi connectivity index (χ2v) is 9.51. The molecule has 0 radical (unpaired) electrons. The molecule has 1 N–H and O–H groups in total. The number of hydrogen-bond acceptors (Lipinski definition) is 7. The molecule has 0 saturated carbocycles. The molecule has 200 valence electrons. The van der Waals surface area contributed by atoms with E-state index in [2.05, 4.69) is 21.9 Å². The van der Waals surface area contributed by atoms with Crippen LogP contribution in [0, 0.1) is 11.6 Å². The predicted octanol–water partition coefficient (Wildman–Crippen LogP) is 5.50. The van der Waals surface area contributed by atoms with Crippen LogP contribution in [-0.2, 0) is 11.4 Å². The molecule has 11 heteroatoms. The summed E-state index contributed by atoms with van der Waals surface area (Å²) < 4.78 is 34.1. The quantitative estimate of drug-likeness (QED) is 0.290. The zero-order valence-corrected chi connectivity index (χ0v) is 21.8. The van der Waals surface area contributed by atoms with Gasteiger partial charge >= 0.3 is 0 Å². The summed E-state index contributed by atoms with van der Waals surface area (Å²) in [6.07, 6.45) is 3.48. The average Bonchev–Trinajstić information content (AvgIpc) is 3.44. The van der Waals surface area contributed by atoms with Gasteiger partial charge in [0, 0.05) is 32.2 Å². The van der Waals surface area contributed by atoms with Crippen molar-refractivity contribution >= 4 is 45.9 Å². The van der Waals surface area contributed by atoms with Gasteiger partial charge in [-0.25, -0.2) is 23.7 Å². The summed E-state index contributed by atoms with van der Waals surface area (Å²) in [5.74, 6) is -0.0126. The van der Waals surface area contributed by atoms with E-state index in [4.69, 9.17) is 21.3 Å². The van der Waals surface area contributed by atoms with E-state index < -0.39 is 5.82 Å². The van der Waals surface area contributed by atoms with Gasteiger partial charge in [0.25, 0.3) is 0 Å². The Morgan fingerprint density at radius 1 is 1.26 bits per heavy atom. The van der Waals surface area contributed by atoms with Gasteiger partial charge in [0.2, 0.25) is 5.91 Å². The number of benzene rings is 2. The Morgan fingerprint density at radius 3 is 2.90 bits per heavy atom. The minimum Gasteiger partial charge on any atom is -0.487 e. The lowest BCUT2D eigenvalue weighted by Crippen LogP contribution is -2.36. The number of likely N-dealkylation sites (tertiary alicyclic amines) is 1. The number of nitrogens with zero attached hydrogens (tertiary/aromatic N) is 5. The minimum absolute atomic E-state index is 0.0287. The zero-order chi connectivity index (χ0) is 27.5. The van der Waals surface area contributed by atoms with Gasteiger partial charge in [-0.2, -0.15) is 0 Å². The molecule has 0 bridgehead atoms. The maximum absolute atomic E-state index is 15.1. The Bertz CT molecular complexity index is 1550. The lowest BCUT2D eigenvalue weighted by Gasteiger charge is -2.26. The first-order chi connectivity index (χ1) is 18.8. The summed E-state index contributed by atoms with van der Waals surface area (Å²) in [4.78, 5) is 29.1. The second kappa shape index (κ2) is 11.2. The summed E-state index contributed by atoms with van der Waals surface area (Å²) in [5.41, 5.74) is 1.68. The van der Waals surface area contributed by atoms with Gasteiger partial charge < -0.3 is 19.9 Å². The first kappa shape index (κ1) is 26.3. The third-order valence-corrected chi connectivity index (χ3v) is 6.88. The molecule has 1 atom stereocenters. The number of pyridine rings is 1. The number of carbonyl (C=O) groups is 1. The number of anilines is 3. The summed E-state index contributed by atoms with van der Waals surface area (Å²) in [6, 6.07) is 12.2. The average molecular weight is 551 g/mol. The highest BCUT2D eigenvalue weighted by molar-refractivity contribution is 6.32. The number of fused-ring (bicyclic) bond motifs is 1. The van der Waals surface area contributed by atoms with Crippen LogP contribution < -0.4 is 15.0 Å². The molecule has 8 nitrogen and oxygen atoms in total. The molecule has 4 aromatic rings. The molecular weight excluding hydrogens is 526 g/mol. The molecule has 2 aromatic carbocycles. The van der Waals surface area contributed by atoms with E-state index in [1.807, 2.05) is 24.1 Å². The molecule has 5 rings (SSSR count). The van der Waals surface area contributed by atoms with Crippen molar-refractivity contribution in [1.82, 2.24) is 19.9 Å². The zero-order valence-electron chi connectivity index (χ0n) is 21.1. The van der Waals surface area contributed by atoms with Gasteiger partial charge in [0.1, 0.15) is 41.7 Å². The Labute approximate surface area is 228 Å². The molecule has 39 heavy (non-hydrogen) atoms. The summed E-state index contributed by atoms with van der Waals surface area (Å²) in [6.45, 7) is 4.80. The number of ether oxygens (including phenoxy) is 1. The number of nitrogens with one attached hydrogen (secondary N) is 1. The standard InChI is InChI=1S/C28H25ClF2N6O2/c1-3-26(38)37-10-9-19(14-37)36(2)25-8-7-22-27(35-25)28(33-16-32-22)34-23-12-20(29)24(13-21(23)31)39-15-17-5-4-6-18(30)11-17/h3-8,11-13,16,19H,1,9-10,14-15H2,2H3,(H,32,33,34). The van der Waals surface area contributed by atoms with Crippen LogP contribution in [0.15, 0.2) is 67.5 Å². The lowest BCUT2D eigenvalue weighted by atomic mass is 10.2. The first-order valence-corrected chi connectivity index (χ1v) is 12.6. The number of likely N-dealkylation sites (N-methyl/N-ethyl adjacent to an activating group) is 1. The van der Waals surface area contributed by atoms with Crippen LogP contribution in [0.3, 0.4) is 0 Å². The van der Waals surface area contributed by atoms with Crippen LogP contribution in [0.1, 0.15) is 12.0 Å². The number of amides is 1. The molecule has 1 aliphatic rings. The molecule has 0 aliphatic carbocycles. The summed E-state index contributed by atoms with van der Waals surface area (Å²) in [7, 11) is 1.92. The molecule has 1 unspecified atom stereocenters. The Hall–Kier alpha value is -4.31. The van der Waals surface area contributed by atoms with Crippen LogP contribution in [-0.4, -0.2) is 51.9 Å². The number of aromatic nitrogens is 3. The third kappa shape index (κ3) is 5.75. The molecule has 2 aromatic heterocycles. The van der Waals surface area contributed by atoms with Crippen molar-refractivity contribution in [1.29, 1.82) is 0 Å². The summed E-state index contributed by atoms with van der Waals surface area (Å²) in [5, 5.41) is 3.14. The van der Waals surface area contributed by atoms with Crippen molar-refractivity contribution < 1.29 is 18.3 Å². The topological polar surface area (TPSA) is 83.5 Å². The maximum atomic E-state index is 15.1. The SMILES string of the molecule is C=CC(=O)N1CCC(N(C)c2ccc3ncnc(Nc4cc(Cl)c(OCc5cccc(F)c5)cc4F)c3n2)C1. The van der Waals surface area contributed by atoms with Crippen LogP contribution in [0.25, 0.3) is 11.0 Å². The van der Waals surface area contributed by atoms with E-state index in [-0.39, 0.29) is 40.8 Å². The first-order valence-electron chi connectivity index (χ1n) is 12.2. The molecular formula is C28H25ClF2N6O2. The molecule has 1 aliphatic heterocycles.